The van der Waals surface area contributed by atoms with Gasteiger partial charge in [0, 0.05) is 23.1 Å². The van der Waals surface area contributed by atoms with E-state index in [1.54, 1.807) is 0 Å². The van der Waals surface area contributed by atoms with Crippen molar-refractivity contribution in [3.05, 3.63) is 34.3 Å². The Morgan fingerprint density at radius 3 is 2.16 bits per heavy atom. The molecule has 1 aromatic rings. The lowest BCUT2D eigenvalue weighted by atomic mass is 9.80. The fourth-order valence-electron chi connectivity index (χ4n) is 2.83. The predicted octanol–water partition coefficient (Wildman–Crippen LogP) is 4.03. The molecular formula is C16H27BrN2. The highest BCUT2D eigenvalue weighted by molar-refractivity contribution is 9.10. The third kappa shape index (κ3) is 4.90. The Morgan fingerprint density at radius 2 is 1.74 bits per heavy atom. The summed E-state index contributed by atoms with van der Waals surface area (Å²) in [6.07, 6.45) is 1.01. The third-order valence-electron chi connectivity index (χ3n) is 3.58. The van der Waals surface area contributed by atoms with Crippen molar-refractivity contribution in [1.29, 1.82) is 0 Å². The van der Waals surface area contributed by atoms with Crippen molar-refractivity contribution >= 4 is 15.9 Å². The number of hydrogen-bond acceptors (Lipinski definition) is 2. The second-order valence-corrected chi connectivity index (χ2v) is 7.34. The van der Waals surface area contributed by atoms with Crippen LogP contribution in [0.5, 0.6) is 0 Å². The van der Waals surface area contributed by atoms with Crippen LogP contribution in [0.3, 0.4) is 0 Å². The molecule has 108 valence electrons. The minimum atomic E-state index is 0.180. The summed E-state index contributed by atoms with van der Waals surface area (Å²) in [7, 11) is 2.17. The quantitative estimate of drug-likeness (QED) is 0.885. The van der Waals surface area contributed by atoms with Crippen LogP contribution < -0.4 is 5.73 Å². The zero-order valence-electron chi connectivity index (χ0n) is 12.8. The summed E-state index contributed by atoms with van der Waals surface area (Å²) in [5, 5.41) is 0. The Labute approximate surface area is 126 Å². The van der Waals surface area contributed by atoms with E-state index in [0.717, 1.165) is 17.4 Å². The maximum absolute atomic E-state index is 6.33. The van der Waals surface area contributed by atoms with Gasteiger partial charge in [-0.2, -0.15) is 0 Å². The van der Waals surface area contributed by atoms with E-state index in [2.05, 4.69) is 79.8 Å². The van der Waals surface area contributed by atoms with Crippen LogP contribution in [0.2, 0.25) is 0 Å². The summed E-state index contributed by atoms with van der Waals surface area (Å²) >= 11 is 3.47. The van der Waals surface area contributed by atoms with Gasteiger partial charge in [-0.3, -0.25) is 4.90 Å². The van der Waals surface area contributed by atoms with Crippen LogP contribution in [0, 0.1) is 5.41 Å². The first kappa shape index (κ1) is 16.7. The number of likely N-dealkylation sites (N-methyl/N-ethyl adjacent to an activating group) is 1. The van der Waals surface area contributed by atoms with Crippen molar-refractivity contribution in [3.63, 3.8) is 0 Å². The van der Waals surface area contributed by atoms with Gasteiger partial charge in [-0.15, -0.1) is 0 Å². The van der Waals surface area contributed by atoms with Crippen molar-refractivity contribution in [1.82, 2.24) is 4.90 Å². The van der Waals surface area contributed by atoms with Crippen LogP contribution in [-0.2, 0) is 6.54 Å². The number of rotatable bonds is 5. The molecule has 3 heteroatoms. The molecule has 0 spiro atoms. The van der Waals surface area contributed by atoms with E-state index < -0.39 is 0 Å². The molecule has 2 unspecified atom stereocenters. The fraction of sp³-hybridized carbons (Fsp3) is 0.625. The molecule has 2 atom stereocenters. The Balaban J connectivity index is 2.82. The van der Waals surface area contributed by atoms with Crippen LogP contribution in [-0.4, -0.2) is 24.0 Å². The van der Waals surface area contributed by atoms with Crippen LogP contribution in [0.15, 0.2) is 28.7 Å². The predicted molar refractivity (Wildman–Crippen MR) is 87.1 cm³/mol. The van der Waals surface area contributed by atoms with Crippen LogP contribution in [0.1, 0.15) is 39.7 Å². The molecule has 0 amide bonds. The summed E-state index contributed by atoms with van der Waals surface area (Å²) in [6, 6.07) is 9.10. The highest BCUT2D eigenvalue weighted by atomic mass is 79.9. The number of halogens is 1. The standard InChI is InChI=1S/C16H27BrN2/c1-6-14(18)15(16(2,3)4)19(5)11-12-7-9-13(17)10-8-12/h7-10,14-15H,6,11,18H2,1-5H3. The largest absolute Gasteiger partial charge is 0.326 e. The number of hydrogen-bond donors (Lipinski definition) is 1. The summed E-state index contributed by atoms with van der Waals surface area (Å²) in [5.74, 6) is 0. The minimum absolute atomic E-state index is 0.180. The van der Waals surface area contributed by atoms with E-state index in [-0.39, 0.29) is 11.5 Å². The number of nitrogens with two attached hydrogens (primary N) is 1. The van der Waals surface area contributed by atoms with E-state index in [4.69, 9.17) is 5.73 Å². The third-order valence-corrected chi connectivity index (χ3v) is 4.11. The van der Waals surface area contributed by atoms with Gasteiger partial charge >= 0.3 is 0 Å². The maximum atomic E-state index is 6.33. The van der Waals surface area contributed by atoms with E-state index in [9.17, 15) is 0 Å². The van der Waals surface area contributed by atoms with Gasteiger partial charge in [-0.1, -0.05) is 55.8 Å². The average Bonchev–Trinajstić information content (AvgIpc) is 2.30. The summed E-state index contributed by atoms with van der Waals surface area (Å²) in [4.78, 5) is 2.39. The van der Waals surface area contributed by atoms with E-state index in [1.165, 1.54) is 5.56 Å². The molecule has 0 aliphatic rings. The Morgan fingerprint density at radius 1 is 1.21 bits per heavy atom. The first-order chi connectivity index (χ1) is 8.75. The summed E-state index contributed by atoms with van der Waals surface area (Å²) < 4.78 is 1.12. The Bertz CT molecular complexity index is 381. The molecule has 1 rings (SSSR count). The normalized spacial score (nSPS) is 15.6. The molecule has 0 saturated carbocycles. The number of benzene rings is 1. The Hall–Kier alpha value is -0.380. The second kappa shape index (κ2) is 6.87. The SMILES string of the molecule is CCC(N)C(N(C)Cc1ccc(Br)cc1)C(C)(C)C. The van der Waals surface area contributed by atoms with Crippen molar-refractivity contribution in [2.45, 2.75) is 52.7 Å². The highest BCUT2D eigenvalue weighted by Gasteiger charge is 2.32. The minimum Gasteiger partial charge on any atom is -0.326 e. The maximum Gasteiger partial charge on any atom is 0.0295 e. The smallest absolute Gasteiger partial charge is 0.0295 e. The van der Waals surface area contributed by atoms with Crippen molar-refractivity contribution in [2.24, 2.45) is 11.1 Å². The summed E-state index contributed by atoms with van der Waals surface area (Å²) in [5.41, 5.74) is 7.84. The average molecular weight is 327 g/mol. The van der Waals surface area contributed by atoms with Gasteiger partial charge in [0.05, 0.1) is 0 Å². The van der Waals surface area contributed by atoms with E-state index in [1.807, 2.05) is 0 Å². The van der Waals surface area contributed by atoms with Crippen molar-refractivity contribution in [2.75, 3.05) is 7.05 Å². The molecule has 0 radical (unpaired) electrons. The van der Waals surface area contributed by atoms with Gasteiger partial charge in [0.2, 0.25) is 0 Å². The molecule has 0 aliphatic heterocycles. The van der Waals surface area contributed by atoms with Gasteiger partial charge in [0.1, 0.15) is 0 Å². The molecule has 19 heavy (non-hydrogen) atoms. The highest BCUT2D eigenvalue weighted by Crippen LogP contribution is 2.28. The topological polar surface area (TPSA) is 29.3 Å². The lowest BCUT2D eigenvalue weighted by Gasteiger charge is -2.41. The second-order valence-electron chi connectivity index (χ2n) is 6.42. The van der Waals surface area contributed by atoms with Crippen LogP contribution in [0.4, 0.5) is 0 Å². The molecule has 0 saturated heterocycles. The van der Waals surface area contributed by atoms with Crippen molar-refractivity contribution in [3.8, 4) is 0 Å². The Kier molecular flexibility index (Phi) is 6.03. The molecule has 0 bridgehead atoms. The lowest BCUT2D eigenvalue weighted by molar-refractivity contribution is 0.0939. The first-order valence-corrected chi connectivity index (χ1v) is 7.75. The zero-order valence-corrected chi connectivity index (χ0v) is 14.4. The van der Waals surface area contributed by atoms with Crippen LogP contribution in [0.25, 0.3) is 0 Å². The van der Waals surface area contributed by atoms with Gasteiger partial charge in [-0.05, 0) is 36.6 Å². The molecule has 1 aromatic carbocycles. The monoisotopic (exact) mass is 326 g/mol. The fourth-order valence-corrected chi connectivity index (χ4v) is 3.09. The van der Waals surface area contributed by atoms with Gasteiger partial charge in [0.25, 0.3) is 0 Å². The van der Waals surface area contributed by atoms with Gasteiger partial charge < -0.3 is 5.73 Å². The molecule has 0 fully saturated rings. The molecule has 0 heterocycles. The molecule has 0 aromatic heterocycles. The molecular weight excluding hydrogens is 300 g/mol. The first-order valence-electron chi connectivity index (χ1n) is 6.96. The van der Waals surface area contributed by atoms with E-state index >= 15 is 0 Å². The van der Waals surface area contributed by atoms with Crippen molar-refractivity contribution < 1.29 is 0 Å². The van der Waals surface area contributed by atoms with E-state index in [0.29, 0.717) is 6.04 Å². The molecule has 2 N–H and O–H groups in total. The van der Waals surface area contributed by atoms with Crippen LogP contribution >= 0.6 is 15.9 Å². The molecule has 2 nitrogen and oxygen atoms in total. The summed E-state index contributed by atoms with van der Waals surface area (Å²) in [6.45, 7) is 9.90. The number of nitrogens with zero attached hydrogens (tertiary/aromatic N) is 1. The lowest BCUT2D eigenvalue weighted by Crippen LogP contribution is -2.52. The van der Waals surface area contributed by atoms with Gasteiger partial charge in [0.15, 0.2) is 0 Å². The molecule has 0 aliphatic carbocycles. The van der Waals surface area contributed by atoms with Gasteiger partial charge in [-0.25, -0.2) is 0 Å². The zero-order chi connectivity index (χ0) is 14.6.